The molecular weight excluding hydrogens is 288 g/mol. The molecule has 1 saturated carbocycles. The number of carbonyl (C=O) groups is 1. The molecule has 0 unspecified atom stereocenters. The lowest BCUT2D eigenvalue weighted by molar-refractivity contribution is -0.137. The average Bonchev–Trinajstić information content (AvgIpc) is 2.62. The molecule has 2 N–H and O–H groups in total. The van der Waals surface area contributed by atoms with Crippen molar-refractivity contribution in [3.63, 3.8) is 0 Å². The average molecular weight is 316 g/mol. The summed E-state index contributed by atoms with van der Waals surface area (Å²) in [5, 5.41) is 12.5. The van der Waals surface area contributed by atoms with E-state index in [1.807, 2.05) is 12.1 Å². The smallest absolute Gasteiger partial charge is 0.240 e. The van der Waals surface area contributed by atoms with Gasteiger partial charge in [-0.05, 0) is 56.5 Å². The number of likely N-dealkylation sites (tertiary alicyclic amines) is 1. The summed E-state index contributed by atoms with van der Waals surface area (Å²) in [5.41, 5.74) is 0.746. The first-order valence-electron chi connectivity index (χ1n) is 9.02. The molecule has 1 heterocycles. The number of carbonyl (C=O) groups excluding carboxylic acids is 1. The molecule has 0 aromatic heterocycles. The summed E-state index contributed by atoms with van der Waals surface area (Å²) in [5.74, 6) is 0.462. The minimum Gasteiger partial charge on any atom is -0.508 e. The van der Waals surface area contributed by atoms with Gasteiger partial charge >= 0.3 is 0 Å². The molecular formula is C19H28N2O2. The molecule has 3 rings (SSSR count). The van der Waals surface area contributed by atoms with Gasteiger partial charge in [0.25, 0.3) is 0 Å². The van der Waals surface area contributed by atoms with Crippen LogP contribution in [0.25, 0.3) is 0 Å². The van der Waals surface area contributed by atoms with Gasteiger partial charge < -0.3 is 10.4 Å². The number of hydrogen-bond donors (Lipinski definition) is 2. The highest BCUT2D eigenvalue weighted by atomic mass is 16.3. The zero-order valence-corrected chi connectivity index (χ0v) is 13.9. The number of nitrogens with zero attached hydrogens (tertiary/aromatic N) is 1. The van der Waals surface area contributed by atoms with Gasteiger partial charge in [0.2, 0.25) is 5.91 Å². The van der Waals surface area contributed by atoms with Crippen LogP contribution >= 0.6 is 0 Å². The molecule has 2 aliphatic rings. The molecule has 2 fully saturated rings. The molecule has 1 amide bonds. The van der Waals surface area contributed by atoms with E-state index in [0.29, 0.717) is 6.54 Å². The fourth-order valence-electron chi connectivity index (χ4n) is 4.11. The van der Waals surface area contributed by atoms with Gasteiger partial charge in [-0.15, -0.1) is 0 Å². The maximum atomic E-state index is 13.1. The van der Waals surface area contributed by atoms with Gasteiger partial charge in [-0.3, -0.25) is 9.69 Å². The van der Waals surface area contributed by atoms with Crippen molar-refractivity contribution in [1.82, 2.24) is 10.2 Å². The first kappa shape index (κ1) is 16.3. The van der Waals surface area contributed by atoms with Crippen molar-refractivity contribution in [3.05, 3.63) is 29.8 Å². The van der Waals surface area contributed by atoms with Gasteiger partial charge in [0.15, 0.2) is 0 Å². The second-order valence-electron chi connectivity index (χ2n) is 6.99. The summed E-state index contributed by atoms with van der Waals surface area (Å²) in [6, 6.07) is 7.07. The molecule has 23 heavy (non-hydrogen) atoms. The van der Waals surface area contributed by atoms with Crippen molar-refractivity contribution in [2.45, 2.75) is 63.5 Å². The van der Waals surface area contributed by atoms with Crippen LogP contribution in [0, 0.1) is 0 Å². The molecule has 4 heteroatoms. The monoisotopic (exact) mass is 316 g/mol. The third-order valence-electron chi connectivity index (χ3n) is 5.45. The number of phenolic OH excluding ortho intramolecular Hbond substituents is 1. The Labute approximate surface area is 138 Å². The molecule has 1 aliphatic heterocycles. The first-order valence-corrected chi connectivity index (χ1v) is 9.02. The van der Waals surface area contributed by atoms with Crippen molar-refractivity contribution < 1.29 is 9.90 Å². The van der Waals surface area contributed by atoms with E-state index in [-0.39, 0.29) is 17.2 Å². The summed E-state index contributed by atoms with van der Waals surface area (Å²) in [7, 11) is 0. The maximum absolute atomic E-state index is 13.1. The quantitative estimate of drug-likeness (QED) is 0.897. The molecule has 1 aromatic carbocycles. The van der Waals surface area contributed by atoms with E-state index in [9.17, 15) is 9.90 Å². The zero-order valence-electron chi connectivity index (χ0n) is 13.9. The Morgan fingerprint density at radius 2 is 1.61 bits per heavy atom. The minimum absolute atomic E-state index is 0.201. The fraction of sp³-hybridized carbons (Fsp3) is 0.632. The zero-order chi connectivity index (χ0) is 16.1. The standard InChI is InChI=1S/C19H28N2O2/c22-17-9-7-16(8-10-17)15-20-18(23)19(11-3-1-4-12-19)21-13-5-2-6-14-21/h7-10,22H,1-6,11-15H2,(H,20,23). The van der Waals surface area contributed by atoms with Crippen molar-refractivity contribution in [2.24, 2.45) is 0 Å². The molecule has 0 atom stereocenters. The van der Waals surface area contributed by atoms with E-state index >= 15 is 0 Å². The molecule has 126 valence electrons. The van der Waals surface area contributed by atoms with Crippen LogP contribution in [0.3, 0.4) is 0 Å². The van der Waals surface area contributed by atoms with Crippen LogP contribution in [0.1, 0.15) is 56.9 Å². The third-order valence-corrected chi connectivity index (χ3v) is 5.45. The molecule has 1 saturated heterocycles. The predicted molar refractivity (Wildman–Crippen MR) is 91.2 cm³/mol. The molecule has 1 aromatic rings. The van der Waals surface area contributed by atoms with Gasteiger partial charge in [0.1, 0.15) is 11.3 Å². The van der Waals surface area contributed by atoms with E-state index in [1.54, 1.807) is 12.1 Å². The summed E-state index contributed by atoms with van der Waals surface area (Å²) in [6.45, 7) is 2.66. The molecule has 4 nitrogen and oxygen atoms in total. The largest absolute Gasteiger partial charge is 0.508 e. The Bertz CT molecular complexity index is 515. The Morgan fingerprint density at radius 3 is 2.26 bits per heavy atom. The van der Waals surface area contributed by atoms with Crippen molar-refractivity contribution in [2.75, 3.05) is 13.1 Å². The number of benzene rings is 1. The summed E-state index contributed by atoms with van der Waals surface area (Å²) >= 11 is 0. The third kappa shape index (κ3) is 3.69. The highest BCUT2D eigenvalue weighted by molar-refractivity contribution is 5.86. The number of amides is 1. The Hall–Kier alpha value is -1.55. The molecule has 0 radical (unpaired) electrons. The van der Waals surface area contributed by atoms with Crippen molar-refractivity contribution in [3.8, 4) is 5.75 Å². The maximum Gasteiger partial charge on any atom is 0.240 e. The first-order chi connectivity index (χ1) is 11.2. The van der Waals surface area contributed by atoms with E-state index in [2.05, 4.69) is 10.2 Å². The number of nitrogens with one attached hydrogen (secondary N) is 1. The second kappa shape index (κ2) is 7.35. The number of aromatic hydroxyl groups is 1. The molecule has 0 spiro atoms. The van der Waals surface area contributed by atoms with E-state index < -0.39 is 0 Å². The van der Waals surface area contributed by atoms with Crippen LogP contribution in [-0.4, -0.2) is 34.5 Å². The highest BCUT2D eigenvalue weighted by Crippen LogP contribution is 2.35. The topological polar surface area (TPSA) is 52.6 Å². The molecule has 0 bridgehead atoms. The van der Waals surface area contributed by atoms with Crippen molar-refractivity contribution in [1.29, 1.82) is 0 Å². The van der Waals surface area contributed by atoms with Gasteiger partial charge in [-0.1, -0.05) is 37.8 Å². The van der Waals surface area contributed by atoms with Crippen LogP contribution < -0.4 is 5.32 Å². The summed E-state index contributed by atoms with van der Waals surface area (Å²) in [6.07, 6.45) is 9.28. The number of hydrogen-bond acceptors (Lipinski definition) is 3. The highest BCUT2D eigenvalue weighted by Gasteiger charge is 2.44. The fourth-order valence-corrected chi connectivity index (χ4v) is 4.11. The Balaban J connectivity index is 1.68. The van der Waals surface area contributed by atoms with E-state index in [4.69, 9.17) is 0 Å². The predicted octanol–water partition coefficient (Wildman–Crippen LogP) is 3.20. The van der Waals surface area contributed by atoms with Crippen LogP contribution in [0.5, 0.6) is 5.75 Å². The van der Waals surface area contributed by atoms with Gasteiger partial charge in [-0.2, -0.15) is 0 Å². The second-order valence-corrected chi connectivity index (χ2v) is 6.99. The van der Waals surface area contributed by atoms with Crippen LogP contribution in [0.2, 0.25) is 0 Å². The summed E-state index contributed by atoms with van der Waals surface area (Å²) < 4.78 is 0. The van der Waals surface area contributed by atoms with Crippen LogP contribution in [0.15, 0.2) is 24.3 Å². The van der Waals surface area contributed by atoms with Crippen molar-refractivity contribution >= 4 is 5.91 Å². The molecule has 1 aliphatic carbocycles. The van der Waals surface area contributed by atoms with E-state index in [0.717, 1.165) is 44.3 Å². The number of phenols is 1. The van der Waals surface area contributed by atoms with E-state index in [1.165, 1.54) is 25.7 Å². The Kier molecular flexibility index (Phi) is 5.21. The number of rotatable bonds is 4. The lowest BCUT2D eigenvalue weighted by Gasteiger charge is -2.46. The Morgan fingerprint density at radius 1 is 1.00 bits per heavy atom. The lowest BCUT2D eigenvalue weighted by Crippen LogP contribution is -2.60. The van der Waals surface area contributed by atoms with Gasteiger partial charge in [0.05, 0.1) is 0 Å². The summed E-state index contributed by atoms with van der Waals surface area (Å²) in [4.78, 5) is 15.5. The normalized spacial score (nSPS) is 21.7. The van der Waals surface area contributed by atoms with Gasteiger partial charge in [0, 0.05) is 6.54 Å². The van der Waals surface area contributed by atoms with Gasteiger partial charge in [-0.25, -0.2) is 0 Å². The van der Waals surface area contributed by atoms with Crippen LogP contribution in [0.4, 0.5) is 0 Å². The van der Waals surface area contributed by atoms with Crippen LogP contribution in [-0.2, 0) is 11.3 Å². The SMILES string of the molecule is O=C(NCc1ccc(O)cc1)C1(N2CCCCC2)CCCCC1. The minimum atomic E-state index is -0.282. The lowest BCUT2D eigenvalue weighted by atomic mass is 9.78. The number of piperidine rings is 1.